The number of benzene rings is 2. The van der Waals surface area contributed by atoms with E-state index < -0.39 is 0 Å². The van der Waals surface area contributed by atoms with Crippen molar-refractivity contribution in [1.29, 1.82) is 0 Å². The third-order valence-electron chi connectivity index (χ3n) is 3.80. The zero-order valence-electron chi connectivity index (χ0n) is 14.2. The van der Waals surface area contributed by atoms with Crippen LogP contribution in [0.1, 0.15) is 11.1 Å². The molecule has 0 spiro atoms. The molecule has 1 heterocycles. The molecule has 3 aromatic rings. The molecule has 2 aromatic carbocycles. The van der Waals surface area contributed by atoms with Crippen LogP contribution in [-0.4, -0.2) is 10.1 Å². The van der Waals surface area contributed by atoms with Gasteiger partial charge in [-0.15, -0.1) is 0 Å². The molecule has 130 valence electrons. The summed E-state index contributed by atoms with van der Waals surface area (Å²) in [7, 11) is 0. The molecule has 26 heavy (non-hydrogen) atoms. The summed E-state index contributed by atoms with van der Waals surface area (Å²) in [6.07, 6.45) is 3.77. The lowest BCUT2D eigenvalue weighted by molar-refractivity contribution is -0.576. The second-order valence-corrected chi connectivity index (χ2v) is 6.66. The number of aromatic nitrogens is 1. The Morgan fingerprint density at radius 3 is 2.35 bits per heavy atom. The smallest absolute Gasteiger partial charge is 0.288 e. The number of nitrogens with one attached hydrogen (secondary N) is 1. The van der Waals surface area contributed by atoms with Crippen LogP contribution in [0.15, 0.2) is 79.1 Å². The Morgan fingerprint density at radius 2 is 1.69 bits per heavy atom. The van der Waals surface area contributed by atoms with E-state index in [0.29, 0.717) is 21.3 Å². The first-order valence-electron chi connectivity index (χ1n) is 8.08. The van der Waals surface area contributed by atoms with Crippen LogP contribution >= 0.6 is 23.8 Å². The Kier molecular flexibility index (Phi) is 5.66. The van der Waals surface area contributed by atoms with Gasteiger partial charge in [0.2, 0.25) is 0 Å². The van der Waals surface area contributed by atoms with Crippen LogP contribution in [0.2, 0.25) is 5.02 Å². The third-order valence-corrected chi connectivity index (χ3v) is 4.34. The molecule has 0 atom stereocenters. The Balaban J connectivity index is 2.08. The molecule has 2 N–H and O–H groups in total. The number of anilines is 1. The highest BCUT2D eigenvalue weighted by atomic mass is 35.5. The minimum atomic E-state index is 0.0747. The van der Waals surface area contributed by atoms with Gasteiger partial charge in [0.05, 0.1) is 0 Å². The largest absolute Gasteiger partial charge is 0.502 e. The molecule has 0 amide bonds. The molecule has 0 aliphatic carbocycles. The quantitative estimate of drug-likeness (QED) is 0.280. The summed E-state index contributed by atoms with van der Waals surface area (Å²) in [5.41, 5.74) is 3.04. The second-order valence-electron chi connectivity index (χ2n) is 5.81. The number of hydrogen-bond acceptors (Lipinski definition) is 2. The number of pyridine rings is 1. The molecule has 0 fully saturated rings. The summed E-state index contributed by atoms with van der Waals surface area (Å²) < 4.78 is 1.82. The molecule has 3 rings (SSSR count). The maximum atomic E-state index is 11.0. The lowest BCUT2D eigenvalue weighted by atomic mass is 10.1. The number of halogens is 1. The average Bonchev–Trinajstić information content (AvgIpc) is 2.63. The molecule has 0 aliphatic rings. The number of thiocarbonyl (C=S) groups is 1. The molecule has 5 heteroatoms. The normalized spacial score (nSPS) is 11.6. The van der Waals surface area contributed by atoms with E-state index in [0.717, 1.165) is 11.3 Å². The zero-order valence-corrected chi connectivity index (χ0v) is 15.8. The molecule has 0 aliphatic heterocycles. The van der Waals surface area contributed by atoms with Crippen molar-refractivity contribution in [2.24, 2.45) is 0 Å². The van der Waals surface area contributed by atoms with Crippen molar-refractivity contribution in [3.8, 4) is 0 Å². The van der Waals surface area contributed by atoms with E-state index in [9.17, 15) is 5.11 Å². The summed E-state index contributed by atoms with van der Waals surface area (Å²) in [6.45, 7) is 1.99. The molecule has 0 saturated carbocycles. The third kappa shape index (κ3) is 4.28. The predicted molar refractivity (Wildman–Crippen MR) is 111 cm³/mol. The van der Waals surface area contributed by atoms with Crippen molar-refractivity contribution in [3.63, 3.8) is 0 Å². The van der Waals surface area contributed by atoms with E-state index >= 15 is 0 Å². The summed E-state index contributed by atoms with van der Waals surface area (Å²) in [5, 5.41) is 14.7. The van der Waals surface area contributed by atoms with Crippen molar-refractivity contribution < 1.29 is 9.67 Å². The van der Waals surface area contributed by atoms with Crippen molar-refractivity contribution in [3.05, 3.63) is 95.3 Å². The number of aryl methyl sites for hydroxylation is 1. The van der Waals surface area contributed by atoms with Crippen LogP contribution in [0.5, 0.6) is 0 Å². The number of aliphatic hydroxyl groups is 1. The summed E-state index contributed by atoms with van der Waals surface area (Å²) in [5.74, 6) is 0.0747. The van der Waals surface area contributed by atoms with Crippen molar-refractivity contribution in [1.82, 2.24) is 0 Å². The van der Waals surface area contributed by atoms with Crippen molar-refractivity contribution in [2.75, 3.05) is 5.32 Å². The fraction of sp³-hybridized carbons (Fsp3) is 0.0476. The van der Waals surface area contributed by atoms with Crippen LogP contribution in [0.3, 0.4) is 0 Å². The minimum Gasteiger partial charge on any atom is -0.502 e. The van der Waals surface area contributed by atoms with Gasteiger partial charge in [-0.05, 0) is 49.4 Å². The Bertz CT molecular complexity index is 953. The van der Waals surface area contributed by atoms with E-state index in [-0.39, 0.29) is 5.76 Å². The standard InChI is InChI=1S/C21H17ClN2OS/c1-15-6-5-13-24(14-15)19(20(25)16-9-11-17(22)12-10-16)21(26)23-18-7-3-2-4-8-18/h2-14H,1H3,(H-,23,25,26)/p+1. The number of hydrogen-bond donors (Lipinski definition) is 2. The van der Waals surface area contributed by atoms with Crippen LogP contribution in [-0.2, 0) is 0 Å². The first-order valence-corrected chi connectivity index (χ1v) is 8.87. The fourth-order valence-corrected chi connectivity index (χ4v) is 2.98. The second kappa shape index (κ2) is 8.13. The van der Waals surface area contributed by atoms with Gasteiger partial charge in [-0.3, -0.25) is 0 Å². The van der Waals surface area contributed by atoms with E-state index in [2.05, 4.69) is 5.32 Å². The van der Waals surface area contributed by atoms with E-state index in [1.807, 2.05) is 66.3 Å². The average molecular weight is 382 g/mol. The predicted octanol–water partition coefficient (Wildman–Crippen LogP) is 5.26. The maximum Gasteiger partial charge on any atom is 0.288 e. The SMILES string of the molecule is Cc1ccc[n+](C(C(=S)Nc2ccccc2)=C(O)c2ccc(Cl)cc2)c1. The van der Waals surface area contributed by atoms with Gasteiger partial charge in [0.15, 0.2) is 23.1 Å². The van der Waals surface area contributed by atoms with Gasteiger partial charge in [0.1, 0.15) is 0 Å². The Morgan fingerprint density at radius 1 is 1.00 bits per heavy atom. The minimum absolute atomic E-state index is 0.0747. The van der Waals surface area contributed by atoms with Gasteiger partial charge in [-0.25, -0.2) is 0 Å². The summed E-state index contributed by atoms with van der Waals surface area (Å²) in [6, 6.07) is 20.5. The number of rotatable bonds is 4. The van der Waals surface area contributed by atoms with Crippen LogP contribution < -0.4 is 9.88 Å². The lowest BCUT2D eigenvalue weighted by Gasteiger charge is -2.10. The van der Waals surface area contributed by atoms with Crippen LogP contribution in [0.25, 0.3) is 11.5 Å². The molecule has 0 unspecified atom stereocenters. The highest BCUT2D eigenvalue weighted by molar-refractivity contribution is 7.81. The van der Waals surface area contributed by atoms with Crippen LogP contribution in [0, 0.1) is 6.92 Å². The zero-order chi connectivity index (χ0) is 18.5. The molecule has 0 bridgehead atoms. The number of nitrogens with zero attached hydrogens (tertiary/aromatic N) is 1. The van der Waals surface area contributed by atoms with Gasteiger partial charge in [-0.1, -0.05) is 42.0 Å². The Hall–Kier alpha value is -2.69. The van der Waals surface area contributed by atoms with Gasteiger partial charge in [-0.2, -0.15) is 4.57 Å². The highest BCUT2D eigenvalue weighted by Gasteiger charge is 2.24. The topological polar surface area (TPSA) is 36.1 Å². The molecular weight excluding hydrogens is 364 g/mol. The number of aliphatic hydroxyl groups excluding tert-OH is 1. The molecular formula is C21H18ClN2OS+. The Labute approximate surface area is 163 Å². The first kappa shape index (κ1) is 18.1. The van der Waals surface area contributed by atoms with Crippen molar-refractivity contribution in [2.45, 2.75) is 6.92 Å². The first-order chi connectivity index (χ1) is 12.5. The van der Waals surface area contributed by atoms with E-state index in [4.69, 9.17) is 23.8 Å². The monoisotopic (exact) mass is 381 g/mol. The maximum absolute atomic E-state index is 11.0. The number of para-hydroxylation sites is 1. The summed E-state index contributed by atoms with van der Waals surface area (Å²) in [4.78, 5) is 0.416. The van der Waals surface area contributed by atoms with Crippen molar-refractivity contribution >= 4 is 46.0 Å². The van der Waals surface area contributed by atoms with Gasteiger partial charge < -0.3 is 10.4 Å². The molecule has 0 radical (unpaired) electrons. The van der Waals surface area contributed by atoms with E-state index in [1.165, 1.54) is 0 Å². The summed E-state index contributed by atoms with van der Waals surface area (Å²) >= 11 is 11.6. The van der Waals surface area contributed by atoms with Gasteiger partial charge in [0, 0.05) is 27.9 Å². The lowest BCUT2D eigenvalue weighted by Crippen LogP contribution is -2.38. The fourth-order valence-electron chi connectivity index (χ4n) is 2.54. The molecule has 0 saturated heterocycles. The van der Waals surface area contributed by atoms with Gasteiger partial charge >= 0.3 is 0 Å². The molecule has 3 nitrogen and oxygen atoms in total. The van der Waals surface area contributed by atoms with E-state index in [1.54, 1.807) is 24.3 Å². The molecule has 1 aromatic heterocycles. The van der Waals surface area contributed by atoms with Crippen LogP contribution in [0.4, 0.5) is 5.69 Å². The highest BCUT2D eigenvalue weighted by Crippen LogP contribution is 2.21. The van der Waals surface area contributed by atoms with Gasteiger partial charge in [0.25, 0.3) is 5.70 Å².